The second-order valence-corrected chi connectivity index (χ2v) is 5.43. The number of carbonyl (C=O) groups is 2. The van der Waals surface area contributed by atoms with Gasteiger partial charge in [-0.2, -0.15) is 0 Å². The van der Waals surface area contributed by atoms with Gasteiger partial charge in [0.15, 0.2) is 11.5 Å². The summed E-state index contributed by atoms with van der Waals surface area (Å²) in [6.45, 7) is 1.34. The van der Waals surface area contributed by atoms with Crippen LogP contribution in [0.4, 0.5) is 5.69 Å². The van der Waals surface area contributed by atoms with Gasteiger partial charge in [-0.15, -0.1) is 0 Å². The van der Waals surface area contributed by atoms with Crippen LogP contribution >= 0.6 is 0 Å². The first-order valence-corrected chi connectivity index (χ1v) is 7.59. The fraction of sp³-hybridized carbons (Fsp3) is 0.158. The molecule has 0 spiro atoms. The Labute approximate surface area is 145 Å². The Morgan fingerprint density at radius 3 is 2.28 bits per heavy atom. The van der Waals surface area contributed by atoms with Crippen LogP contribution in [0, 0.1) is 0 Å². The minimum Gasteiger partial charge on any atom is -0.493 e. The van der Waals surface area contributed by atoms with Crippen LogP contribution in [0.25, 0.3) is 11.6 Å². The molecule has 1 amide bonds. The van der Waals surface area contributed by atoms with Crippen LogP contribution in [0.15, 0.2) is 36.4 Å². The van der Waals surface area contributed by atoms with Crippen molar-refractivity contribution in [1.82, 2.24) is 0 Å². The summed E-state index contributed by atoms with van der Waals surface area (Å²) < 4.78 is 15.6. The highest BCUT2D eigenvalue weighted by Crippen LogP contribution is 2.41. The Hall–Kier alpha value is -3.28. The zero-order chi connectivity index (χ0) is 18.0. The Bertz CT molecular complexity index is 868. The van der Waals surface area contributed by atoms with Crippen molar-refractivity contribution in [1.29, 1.82) is 0 Å². The molecule has 0 radical (unpaired) electrons. The first-order chi connectivity index (χ1) is 12.0. The molecular formula is C19H17NO5. The lowest BCUT2D eigenvalue weighted by molar-refractivity contribution is -0.131. The third kappa shape index (κ3) is 3.33. The van der Waals surface area contributed by atoms with E-state index < -0.39 is 0 Å². The van der Waals surface area contributed by atoms with Crippen LogP contribution in [0.3, 0.4) is 0 Å². The molecule has 0 bridgehead atoms. The highest BCUT2D eigenvalue weighted by Gasteiger charge is 2.26. The van der Waals surface area contributed by atoms with E-state index in [9.17, 15) is 9.59 Å². The Morgan fingerprint density at radius 1 is 1.04 bits per heavy atom. The van der Waals surface area contributed by atoms with Gasteiger partial charge in [0, 0.05) is 24.1 Å². The lowest BCUT2D eigenvalue weighted by Gasteiger charge is -2.09. The number of fused-ring (bicyclic) bond motifs is 1. The van der Waals surface area contributed by atoms with E-state index in [1.54, 1.807) is 56.7 Å². The summed E-state index contributed by atoms with van der Waals surface area (Å²) in [7, 11) is 3.09. The molecule has 1 aliphatic rings. The molecule has 128 valence electrons. The molecule has 25 heavy (non-hydrogen) atoms. The van der Waals surface area contributed by atoms with Crippen LogP contribution in [0.1, 0.15) is 18.1 Å². The predicted octanol–water partition coefficient (Wildman–Crippen LogP) is 3.12. The van der Waals surface area contributed by atoms with Gasteiger partial charge in [-0.3, -0.25) is 9.59 Å². The van der Waals surface area contributed by atoms with Crippen LogP contribution in [0.2, 0.25) is 0 Å². The van der Waals surface area contributed by atoms with Crippen LogP contribution in [-0.2, 0) is 9.59 Å². The van der Waals surface area contributed by atoms with Gasteiger partial charge in [0.2, 0.25) is 0 Å². The lowest BCUT2D eigenvalue weighted by atomic mass is 10.0. The Balaban J connectivity index is 1.97. The minimum absolute atomic E-state index is 0.200. The standard InChI is InChI=1S/C19H17NO5/c1-11(21)25-13-6-4-12(5-7-13)8-15-14-9-17(23-2)18(24-3)10-16(14)20-19(15)22/h4-10H,1-3H3,(H,20,22). The molecule has 0 atom stereocenters. The molecule has 0 aliphatic carbocycles. The molecule has 0 saturated heterocycles. The van der Waals surface area contributed by atoms with E-state index in [1.165, 1.54) is 6.92 Å². The lowest BCUT2D eigenvalue weighted by Crippen LogP contribution is -2.03. The molecule has 1 heterocycles. The maximum atomic E-state index is 12.3. The summed E-state index contributed by atoms with van der Waals surface area (Å²) >= 11 is 0. The van der Waals surface area contributed by atoms with Gasteiger partial charge in [-0.1, -0.05) is 12.1 Å². The Morgan fingerprint density at radius 2 is 1.68 bits per heavy atom. The second kappa shape index (κ2) is 6.68. The van der Waals surface area contributed by atoms with Crippen molar-refractivity contribution in [2.45, 2.75) is 6.92 Å². The molecule has 0 saturated carbocycles. The van der Waals surface area contributed by atoms with Crippen molar-refractivity contribution < 1.29 is 23.8 Å². The van der Waals surface area contributed by atoms with Gasteiger partial charge in [0.25, 0.3) is 5.91 Å². The highest BCUT2D eigenvalue weighted by atomic mass is 16.5. The van der Waals surface area contributed by atoms with Crippen molar-refractivity contribution in [2.24, 2.45) is 0 Å². The van der Waals surface area contributed by atoms with Gasteiger partial charge < -0.3 is 19.5 Å². The van der Waals surface area contributed by atoms with Crippen molar-refractivity contribution in [3.05, 3.63) is 47.5 Å². The third-order valence-corrected chi connectivity index (χ3v) is 3.76. The number of amides is 1. The molecule has 2 aromatic rings. The smallest absolute Gasteiger partial charge is 0.308 e. The zero-order valence-electron chi connectivity index (χ0n) is 14.1. The molecule has 0 aromatic heterocycles. The average molecular weight is 339 g/mol. The zero-order valence-corrected chi connectivity index (χ0v) is 14.1. The number of anilines is 1. The molecule has 2 aromatic carbocycles. The molecule has 6 heteroatoms. The van der Waals surface area contributed by atoms with E-state index in [4.69, 9.17) is 14.2 Å². The van der Waals surface area contributed by atoms with Crippen LogP contribution < -0.4 is 19.5 Å². The van der Waals surface area contributed by atoms with E-state index in [1.807, 2.05) is 0 Å². The maximum Gasteiger partial charge on any atom is 0.308 e. The van der Waals surface area contributed by atoms with Crippen molar-refractivity contribution >= 4 is 29.2 Å². The normalized spacial score (nSPS) is 14.0. The fourth-order valence-corrected chi connectivity index (χ4v) is 2.63. The first kappa shape index (κ1) is 16.6. The number of ether oxygens (including phenoxy) is 3. The molecule has 0 fully saturated rings. The summed E-state index contributed by atoms with van der Waals surface area (Å²) in [4.78, 5) is 23.3. The third-order valence-electron chi connectivity index (χ3n) is 3.76. The van der Waals surface area contributed by atoms with E-state index in [0.717, 1.165) is 11.1 Å². The number of benzene rings is 2. The largest absolute Gasteiger partial charge is 0.493 e. The van der Waals surface area contributed by atoms with Gasteiger partial charge >= 0.3 is 5.97 Å². The molecule has 1 N–H and O–H groups in total. The van der Waals surface area contributed by atoms with E-state index in [0.29, 0.717) is 28.5 Å². The Kier molecular flexibility index (Phi) is 4.43. The molecule has 3 rings (SSSR count). The monoisotopic (exact) mass is 339 g/mol. The SMILES string of the molecule is COc1cc2c(cc1OC)C(=Cc1ccc(OC(C)=O)cc1)C(=O)N2. The van der Waals surface area contributed by atoms with Crippen LogP contribution in [0.5, 0.6) is 17.2 Å². The second-order valence-electron chi connectivity index (χ2n) is 5.43. The summed E-state index contributed by atoms with van der Waals surface area (Å²) in [6.07, 6.45) is 1.77. The number of hydrogen-bond donors (Lipinski definition) is 1. The van der Waals surface area contributed by atoms with Crippen molar-refractivity contribution in [3.8, 4) is 17.2 Å². The van der Waals surface area contributed by atoms with Gasteiger partial charge in [-0.25, -0.2) is 0 Å². The van der Waals surface area contributed by atoms with E-state index in [2.05, 4.69) is 5.32 Å². The van der Waals surface area contributed by atoms with Gasteiger partial charge in [0.1, 0.15) is 5.75 Å². The van der Waals surface area contributed by atoms with Crippen LogP contribution in [-0.4, -0.2) is 26.1 Å². The quantitative estimate of drug-likeness (QED) is 0.526. The van der Waals surface area contributed by atoms with Crippen molar-refractivity contribution in [2.75, 3.05) is 19.5 Å². The number of esters is 1. The number of carbonyl (C=O) groups excluding carboxylic acids is 2. The van der Waals surface area contributed by atoms with Gasteiger partial charge in [0.05, 0.1) is 19.9 Å². The molecule has 0 unspecified atom stereocenters. The summed E-state index contributed by atoms with van der Waals surface area (Å²) in [5, 5.41) is 2.82. The summed E-state index contributed by atoms with van der Waals surface area (Å²) in [5.74, 6) is 0.977. The van der Waals surface area contributed by atoms with E-state index >= 15 is 0 Å². The number of methoxy groups -OCH3 is 2. The first-order valence-electron chi connectivity index (χ1n) is 7.59. The summed E-state index contributed by atoms with van der Waals surface area (Å²) in [5.41, 5.74) is 2.75. The molecule has 1 aliphatic heterocycles. The number of rotatable bonds is 4. The average Bonchev–Trinajstić information content (AvgIpc) is 2.89. The number of nitrogens with one attached hydrogen (secondary N) is 1. The number of hydrogen-bond acceptors (Lipinski definition) is 5. The van der Waals surface area contributed by atoms with Crippen molar-refractivity contribution in [3.63, 3.8) is 0 Å². The molecule has 6 nitrogen and oxygen atoms in total. The minimum atomic E-state index is -0.378. The predicted molar refractivity (Wildman–Crippen MR) is 93.8 cm³/mol. The van der Waals surface area contributed by atoms with Gasteiger partial charge in [-0.05, 0) is 29.8 Å². The highest BCUT2D eigenvalue weighted by molar-refractivity contribution is 6.35. The maximum absolute atomic E-state index is 12.3. The molecular weight excluding hydrogens is 322 g/mol. The fourth-order valence-electron chi connectivity index (χ4n) is 2.63. The van der Waals surface area contributed by atoms with E-state index in [-0.39, 0.29) is 11.9 Å². The topological polar surface area (TPSA) is 73.9 Å². The summed E-state index contributed by atoms with van der Waals surface area (Å²) in [6, 6.07) is 10.4.